The number of nitrogens with zero attached hydrogens (tertiary/aromatic N) is 6. The summed E-state index contributed by atoms with van der Waals surface area (Å²) in [5, 5.41) is 10.9. The van der Waals surface area contributed by atoms with Crippen molar-refractivity contribution >= 4 is 119 Å². The molecule has 0 unspecified atom stereocenters. The average Bonchev–Trinajstić information content (AvgIpc) is 1.58. The highest BCUT2D eigenvalue weighted by Gasteiger charge is 2.27. The zero-order valence-electron chi connectivity index (χ0n) is 54.2. The van der Waals surface area contributed by atoms with Gasteiger partial charge in [0, 0.05) is 80.6 Å². The van der Waals surface area contributed by atoms with E-state index in [-0.39, 0.29) is 0 Å². The Morgan fingerprint density at radius 2 is 0.634 bits per heavy atom. The second-order valence-electron chi connectivity index (χ2n) is 25.5. The Morgan fingerprint density at radius 1 is 0.248 bits per heavy atom. The number of furan rings is 2. The van der Waals surface area contributed by atoms with E-state index in [2.05, 4.69) is 300 Å². The molecule has 21 rings (SSSR count). The number of rotatable bonds is 9. The predicted octanol–water partition coefficient (Wildman–Crippen LogP) is 25.0. The van der Waals surface area contributed by atoms with E-state index < -0.39 is 0 Å². The zero-order chi connectivity index (χ0) is 66.5. The number of fused-ring (bicyclic) bond motifs is 15. The molecule has 0 radical (unpaired) electrons. The minimum Gasteiger partial charge on any atom is -0.455 e. The minimum absolute atomic E-state index is 0.593. The fourth-order valence-corrected chi connectivity index (χ4v) is 16.2. The fraction of sp³-hybridized carbons (Fsp3) is 0. The van der Waals surface area contributed by atoms with Gasteiger partial charge in [0.2, 0.25) is 0 Å². The lowest BCUT2D eigenvalue weighted by molar-refractivity contribution is 0.669. The fourth-order valence-electron chi connectivity index (χ4n) is 15.1. The second-order valence-corrected chi connectivity index (χ2v) is 26.6. The number of aromatic nitrogens is 6. The lowest BCUT2D eigenvalue weighted by Gasteiger charge is -2.12. The Bertz CT molecular complexity index is 6830. The average molecular weight is 1310 g/mol. The van der Waals surface area contributed by atoms with Crippen LogP contribution in [-0.2, 0) is 0 Å². The SMILES string of the molecule is c1ccc(-c2ccc(-c3cccc(-c4cccc(-c5nc(-c6cccc7sc8ccccc8c67)nc6c5c5ccccc5n6-c5ccccc5)c4)c3)cc2)cc1.c1ccc(-n2c3ccccc3c3c(-c4cccc5c4oc4ccccc45)nc(-c4cccc5c4oc4ccccc45)nc32)cc1. The van der Waals surface area contributed by atoms with Crippen LogP contribution in [0.5, 0.6) is 0 Å². The summed E-state index contributed by atoms with van der Waals surface area (Å²) in [6.45, 7) is 0. The minimum atomic E-state index is 0.593. The predicted molar refractivity (Wildman–Crippen MR) is 418 cm³/mol. The van der Waals surface area contributed by atoms with E-state index in [1.54, 1.807) is 0 Å². The molecule has 0 bridgehead atoms. The molecule has 9 heteroatoms. The van der Waals surface area contributed by atoms with Gasteiger partial charge in [0.05, 0.1) is 38.8 Å². The maximum atomic E-state index is 6.56. The monoisotopic (exact) mass is 1310 g/mol. The maximum absolute atomic E-state index is 6.56. The summed E-state index contributed by atoms with van der Waals surface area (Å²) in [5.74, 6) is 1.31. The molecule has 0 aliphatic heterocycles. The third-order valence-corrected chi connectivity index (χ3v) is 20.8. The topological polar surface area (TPSA) is 87.7 Å². The summed E-state index contributed by atoms with van der Waals surface area (Å²) >= 11 is 1.82. The van der Waals surface area contributed by atoms with Gasteiger partial charge in [0.15, 0.2) is 11.6 Å². The van der Waals surface area contributed by atoms with E-state index >= 15 is 0 Å². The quantitative estimate of drug-likeness (QED) is 0.143. The van der Waals surface area contributed by atoms with Crippen molar-refractivity contribution in [3.05, 3.63) is 340 Å². The molecule has 0 aliphatic carbocycles. The largest absolute Gasteiger partial charge is 0.455 e. The van der Waals surface area contributed by atoms with Gasteiger partial charge in [0.1, 0.15) is 33.6 Å². The van der Waals surface area contributed by atoms with Crippen LogP contribution in [0, 0.1) is 0 Å². The summed E-state index contributed by atoms with van der Waals surface area (Å²) in [6.07, 6.45) is 0. The van der Waals surface area contributed by atoms with Gasteiger partial charge in [-0.15, -0.1) is 11.3 Å². The first-order chi connectivity index (χ1) is 50.1. The zero-order valence-corrected chi connectivity index (χ0v) is 55.1. The van der Waals surface area contributed by atoms with Gasteiger partial charge in [-0.3, -0.25) is 9.13 Å². The molecule has 0 fully saturated rings. The van der Waals surface area contributed by atoms with E-state index in [0.717, 1.165) is 144 Å². The Balaban J connectivity index is 0.000000139. The van der Waals surface area contributed by atoms with Crippen molar-refractivity contribution in [2.24, 2.45) is 0 Å². The van der Waals surface area contributed by atoms with Crippen LogP contribution in [0.2, 0.25) is 0 Å². The molecule has 0 saturated carbocycles. The number of benzene rings is 14. The summed E-state index contributed by atoms with van der Waals surface area (Å²) in [5.41, 5.74) is 21.9. The molecule has 0 aliphatic rings. The van der Waals surface area contributed by atoms with Gasteiger partial charge in [0.25, 0.3) is 0 Å². The van der Waals surface area contributed by atoms with Crippen LogP contribution in [0.3, 0.4) is 0 Å². The molecule has 0 saturated heterocycles. The van der Waals surface area contributed by atoms with Gasteiger partial charge < -0.3 is 8.83 Å². The molecule has 0 spiro atoms. The third-order valence-electron chi connectivity index (χ3n) is 19.7. The lowest BCUT2D eigenvalue weighted by atomic mass is 9.95. The highest BCUT2D eigenvalue weighted by molar-refractivity contribution is 7.26. The van der Waals surface area contributed by atoms with Crippen molar-refractivity contribution < 1.29 is 8.83 Å². The molecule has 14 aromatic carbocycles. The van der Waals surface area contributed by atoms with Crippen LogP contribution < -0.4 is 0 Å². The number of hydrogen-bond donors (Lipinski definition) is 0. The summed E-state index contributed by atoms with van der Waals surface area (Å²) in [6, 6.07) is 119. The second kappa shape index (κ2) is 23.7. The van der Waals surface area contributed by atoms with Crippen molar-refractivity contribution in [3.63, 3.8) is 0 Å². The van der Waals surface area contributed by atoms with Crippen LogP contribution in [0.25, 0.3) is 198 Å². The molecular formula is C92H56N6O2S. The van der Waals surface area contributed by atoms with Gasteiger partial charge in [-0.2, -0.15) is 0 Å². The van der Waals surface area contributed by atoms with Crippen molar-refractivity contribution in [1.29, 1.82) is 0 Å². The standard InChI is InChI=1S/C52H33N3S.C40H23N3O2/c1-3-14-34(15-4-1)35-28-30-36(31-29-35)37-16-11-17-38(32-37)39-18-12-19-40(33-39)50-49-42-22-7-9-25-45(42)55(41-20-5-2-6-21-41)52(49)54-51(53-50)44-24-13-27-47-48(44)43-23-8-10-26-46(43)56-47;1-2-12-24(13-3-1)43-32-21-7-4-16-29(32)35-36(30-19-10-17-27-25-14-5-8-22-33(25)44-37(27)30)41-39(42-40(35)43)31-20-11-18-28-26-15-6-9-23-34(26)45-38(28)31/h1-33H;1-23H. The van der Waals surface area contributed by atoms with Gasteiger partial charge in [-0.05, 0) is 118 Å². The van der Waals surface area contributed by atoms with E-state index in [0.29, 0.717) is 11.6 Å². The molecule has 0 N–H and O–H groups in total. The Morgan fingerprint density at radius 3 is 1.25 bits per heavy atom. The van der Waals surface area contributed by atoms with Crippen LogP contribution in [0.15, 0.2) is 349 Å². The normalized spacial score (nSPS) is 11.8. The van der Waals surface area contributed by atoms with Crippen LogP contribution in [-0.4, -0.2) is 29.1 Å². The lowest BCUT2D eigenvalue weighted by Crippen LogP contribution is -1.99. The maximum Gasteiger partial charge on any atom is 0.165 e. The Labute approximate surface area is 583 Å². The molecule has 101 heavy (non-hydrogen) atoms. The molecule has 8 nitrogen and oxygen atoms in total. The Kier molecular flexibility index (Phi) is 13.6. The molecule has 7 heterocycles. The van der Waals surface area contributed by atoms with E-state index in [4.69, 9.17) is 28.8 Å². The molecule has 472 valence electrons. The first kappa shape index (κ1) is 57.9. The van der Waals surface area contributed by atoms with E-state index in [1.165, 1.54) is 42.4 Å². The van der Waals surface area contributed by atoms with Crippen molar-refractivity contribution in [1.82, 2.24) is 29.1 Å². The van der Waals surface area contributed by atoms with Gasteiger partial charge in [-0.1, -0.05) is 255 Å². The summed E-state index contributed by atoms with van der Waals surface area (Å²) in [7, 11) is 0. The number of hydrogen-bond acceptors (Lipinski definition) is 7. The summed E-state index contributed by atoms with van der Waals surface area (Å²) < 4.78 is 20.1. The van der Waals surface area contributed by atoms with Crippen molar-refractivity contribution in [3.8, 4) is 90.0 Å². The molecule has 21 aromatic rings. The number of thiophene rings is 1. The van der Waals surface area contributed by atoms with Gasteiger partial charge >= 0.3 is 0 Å². The van der Waals surface area contributed by atoms with Gasteiger partial charge in [-0.25, -0.2) is 19.9 Å². The van der Waals surface area contributed by atoms with Crippen molar-refractivity contribution in [2.75, 3.05) is 0 Å². The number of para-hydroxylation sites is 8. The highest BCUT2D eigenvalue weighted by Crippen LogP contribution is 2.46. The molecule has 7 aromatic heterocycles. The highest BCUT2D eigenvalue weighted by atomic mass is 32.1. The summed E-state index contributed by atoms with van der Waals surface area (Å²) in [4.78, 5) is 21.8. The van der Waals surface area contributed by atoms with Crippen molar-refractivity contribution in [2.45, 2.75) is 0 Å². The molecule has 0 amide bonds. The first-order valence-corrected chi connectivity index (χ1v) is 34.7. The first-order valence-electron chi connectivity index (χ1n) is 33.9. The smallest absolute Gasteiger partial charge is 0.165 e. The van der Waals surface area contributed by atoms with Crippen LogP contribution >= 0.6 is 11.3 Å². The Hall–Kier alpha value is -13.3. The van der Waals surface area contributed by atoms with E-state index in [1.807, 2.05) is 59.9 Å². The van der Waals surface area contributed by atoms with Crippen LogP contribution in [0.4, 0.5) is 0 Å². The van der Waals surface area contributed by atoms with Crippen LogP contribution in [0.1, 0.15) is 0 Å². The molecule has 0 atom stereocenters. The molecular weight excluding hydrogens is 1250 g/mol. The van der Waals surface area contributed by atoms with E-state index in [9.17, 15) is 0 Å². The third kappa shape index (κ3) is 9.65.